The molecule has 0 radical (unpaired) electrons. The molecule has 76 valence electrons. The van der Waals surface area contributed by atoms with Gasteiger partial charge in [-0.25, -0.2) is 18.6 Å². The van der Waals surface area contributed by atoms with Gasteiger partial charge < -0.3 is 10.2 Å². The van der Waals surface area contributed by atoms with Crippen LogP contribution in [0.4, 0.5) is 8.78 Å². The van der Waals surface area contributed by atoms with Crippen molar-refractivity contribution in [3.63, 3.8) is 0 Å². The van der Waals surface area contributed by atoms with E-state index in [1.165, 1.54) is 6.92 Å². The van der Waals surface area contributed by atoms with Gasteiger partial charge in [-0.15, -0.1) is 0 Å². The van der Waals surface area contributed by atoms with E-state index in [1.54, 1.807) is 0 Å². The second-order valence-corrected chi connectivity index (χ2v) is 2.63. The Balaban J connectivity index is 3.35. The van der Waals surface area contributed by atoms with Gasteiger partial charge in [-0.05, 0) is 13.0 Å². The number of carbonyl (C=O) groups is 1. The Hall–Kier alpha value is -1.72. The zero-order valence-corrected chi connectivity index (χ0v) is 7.16. The van der Waals surface area contributed by atoms with E-state index in [0.717, 1.165) is 0 Å². The van der Waals surface area contributed by atoms with E-state index in [-0.39, 0.29) is 5.69 Å². The molecular formula is C8H7F2NO3. The summed E-state index contributed by atoms with van der Waals surface area (Å²) < 4.78 is 24.4. The molecule has 1 rings (SSSR count). The van der Waals surface area contributed by atoms with Crippen LogP contribution in [0, 0.1) is 6.92 Å². The molecule has 0 atom stereocenters. The number of carboxylic acids is 1. The van der Waals surface area contributed by atoms with Crippen molar-refractivity contribution in [2.24, 2.45) is 0 Å². The lowest BCUT2D eigenvalue weighted by Crippen LogP contribution is -2.03. The highest BCUT2D eigenvalue weighted by Gasteiger charge is 2.18. The maximum absolute atomic E-state index is 12.2. The Bertz CT molecular complexity index is 379. The van der Waals surface area contributed by atoms with Gasteiger partial charge in [0.15, 0.2) is 5.75 Å². The van der Waals surface area contributed by atoms with Crippen molar-refractivity contribution in [1.29, 1.82) is 0 Å². The fraction of sp³-hybridized carbons (Fsp3) is 0.250. The molecule has 0 bridgehead atoms. The summed E-state index contributed by atoms with van der Waals surface area (Å²) in [5, 5.41) is 17.7. The molecule has 0 amide bonds. The van der Waals surface area contributed by atoms with E-state index >= 15 is 0 Å². The Kier molecular flexibility index (Phi) is 2.64. The van der Waals surface area contributed by atoms with Crippen LogP contribution in [0.25, 0.3) is 0 Å². The summed E-state index contributed by atoms with van der Waals surface area (Å²) in [6.45, 7) is 1.26. The number of alkyl halides is 2. The maximum atomic E-state index is 12.2. The monoisotopic (exact) mass is 203 g/mol. The molecule has 0 unspecified atom stereocenters. The lowest BCUT2D eigenvalue weighted by atomic mass is 10.1. The van der Waals surface area contributed by atoms with Gasteiger partial charge in [0.05, 0.1) is 5.69 Å². The molecule has 0 aromatic carbocycles. The van der Waals surface area contributed by atoms with Crippen LogP contribution in [-0.4, -0.2) is 21.2 Å². The number of carboxylic acid groups (broad SMARTS) is 1. The molecule has 0 saturated carbocycles. The van der Waals surface area contributed by atoms with Crippen molar-refractivity contribution in [1.82, 2.24) is 4.98 Å². The SMILES string of the molecule is Cc1nc(C(F)F)cc(C(=O)O)c1O. The highest BCUT2D eigenvalue weighted by atomic mass is 19.3. The molecule has 0 fully saturated rings. The number of rotatable bonds is 2. The van der Waals surface area contributed by atoms with Gasteiger partial charge in [0.1, 0.15) is 11.3 Å². The Morgan fingerprint density at radius 3 is 2.57 bits per heavy atom. The zero-order valence-electron chi connectivity index (χ0n) is 7.16. The van der Waals surface area contributed by atoms with Gasteiger partial charge >= 0.3 is 5.97 Å². The van der Waals surface area contributed by atoms with Crippen molar-refractivity contribution in [3.8, 4) is 5.75 Å². The molecular weight excluding hydrogens is 196 g/mol. The van der Waals surface area contributed by atoms with Crippen LogP contribution < -0.4 is 0 Å². The average molecular weight is 203 g/mol. The molecule has 14 heavy (non-hydrogen) atoms. The third-order valence-electron chi connectivity index (χ3n) is 1.64. The molecule has 2 N–H and O–H groups in total. The predicted octanol–water partition coefficient (Wildman–Crippen LogP) is 1.73. The maximum Gasteiger partial charge on any atom is 0.339 e. The standard InChI is InChI=1S/C8H7F2NO3/c1-3-6(12)4(8(13)14)2-5(11-3)7(9)10/h2,7,12H,1H3,(H,13,14). The normalized spacial score (nSPS) is 10.6. The molecule has 0 aliphatic carbocycles. The molecule has 0 spiro atoms. The lowest BCUT2D eigenvalue weighted by Gasteiger charge is -2.05. The molecule has 1 heterocycles. The summed E-state index contributed by atoms with van der Waals surface area (Å²) in [6.07, 6.45) is -2.85. The fourth-order valence-electron chi connectivity index (χ4n) is 0.965. The third-order valence-corrected chi connectivity index (χ3v) is 1.64. The number of nitrogens with zero attached hydrogens (tertiary/aromatic N) is 1. The Labute approximate surface area is 77.8 Å². The first-order valence-electron chi connectivity index (χ1n) is 3.65. The van der Waals surface area contributed by atoms with Gasteiger partial charge in [0.2, 0.25) is 0 Å². The quantitative estimate of drug-likeness (QED) is 0.767. The fourth-order valence-corrected chi connectivity index (χ4v) is 0.965. The molecule has 1 aromatic heterocycles. The van der Waals surface area contributed by atoms with Crippen molar-refractivity contribution in [2.75, 3.05) is 0 Å². The molecule has 0 aliphatic rings. The highest BCUT2D eigenvalue weighted by Crippen LogP contribution is 2.25. The topological polar surface area (TPSA) is 70.4 Å². The van der Waals surface area contributed by atoms with Crippen LogP contribution in [0.2, 0.25) is 0 Å². The van der Waals surface area contributed by atoms with Crippen LogP contribution in [0.15, 0.2) is 6.07 Å². The molecule has 0 aliphatic heterocycles. The summed E-state index contributed by atoms with van der Waals surface area (Å²) in [5.41, 5.74) is -1.34. The van der Waals surface area contributed by atoms with Crippen LogP contribution in [0.3, 0.4) is 0 Å². The molecule has 0 saturated heterocycles. The van der Waals surface area contributed by atoms with Crippen LogP contribution in [0.5, 0.6) is 5.75 Å². The van der Waals surface area contributed by atoms with Crippen LogP contribution in [-0.2, 0) is 0 Å². The predicted molar refractivity (Wildman–Crippen MR) is 42.6 cm³/mol. The molecule has 4 nitrogen and oxygen atoms in total. The summed E-state index contributed by atoms with van der Waals surface area (Å²) in [7, 11) is 0. The van der Waals surface area contributed by atoms with E-state index in [2.05, 4.69) is 4.98 Å². The minimum Gasteiger partial charge on any atom is -0.505 e. The number of aromatic hydroxyl groups is 1. The van der Waals surface area contributed by atoms with Crippen molar-refractivity contribution in [3.05, 3.63) is 23.0 Å². The number of hydrogen-bond donors (Lipinski definition) is 2. The van der Waals surface area contributed by atoms with Crippen molar-refractivity contribution in [2.45, 2.75) is 13.3 Å². The van der Waals surface area contributed by atoms with Gasteiger partial charge in [-0.3, -0.25) is 0 Å². The summed E-state index contributed by atoms with van der Waals surface area (Å²) in [5.74, 6) is -2.04. The number of aryl methyl sites for hydroxylation is 1. The first-order valence-corrected chi connectivity index (χ1v) is 3.65. The van der Waals surface area contributed by atoms with Crippen LogP contribution in [0.1, 0.15) is 28.2 Å². The first-order chi connectivity index (χ1) is 6.43. The zero-order chi connectivity index (χ0) is 10.9. The molecule has 1 aromatic rings. The van der Waals surface area contributed by atoms with Gasteiger partial charge in [-0.1, -0.05) is 0 Å². The van der Waals surface area contributed by atoms with E-state index in [9.17, 15) is 18.7 Å². The Morgan fingerprint density at radius 2 is 2.14 bits per heavy atom. The van der Waals surface area contributed by atoms with E-state index in [0.29, 0.717) is 6.07 Å². The smallest absolute Gasteiger partial charge is 0.339 e. The largest absolute Gasteiger partial charge is 0.505 e. The Morgan fingerprint density at radius 1 is 1.57 bits per heavy atom. The number of pyridine rings is 1. The number of aromatic carboxylic acids is 1. The summed E-state index contributed by atoms with van der Waals surface area (Å²) in [4.78, 5) is 13.9. The average Bonchev–Trinajstić information content (AvgIpc) is 2.08. The summed E-state index contributed by atoms with van der Waals surface area (Å²) in [6, 6.07) is 0.662. The third kappa shape index (κ3) is 1.78. The van der Waals surface area contributed by atoms with Crippen molar-refractivity contribution >= 4 is 5.97 Å². The van der Waals surface area contributed by atoms with Gasteiger partial charge in [-0.2, -0.15) is 0 Å². The second kappa shape index (κ2) is 3.57. The first kappa shape index (κ1) is 10.4. The lowest BCUT2D eigenvalue weighted by molar-refractivity contribution is 0.0692. The van der Waals surface area contributed by atoms with Crippen LogP contribution >= 0.6 is 0 Å². The molecule has 6 heteroatoms. The summed E-state index contributed by atoms with van der Waals surface area (Å²) >= 11 is 0. The van der Waals surface area contributed by atoms with Gasteiger partial charge in [0, 0.05) is 0 Å². The number of aromatic nitrogens is 1. The number of hydrogen-bond acceptors (Lipinski definition) is 3. The number of halogens is 2. The minimum atomic E-state index is -2.85. The highest BCUT2D eigenvalue weighted by molar-refractivity contribution is 5.91. The van der Waals surface area contributed by atoms with E-state index in [1.807, 2.05) is 0 Å². The second-order valence-electron chi connectivity index (χ2n) is 2.63. The van der Waals surface area contributed by atoms with E-state index in [4.69, 9.17) is 5.11 Å². The van der Waals surface area contributed by atoms with E-state index < -0.39 is 29.4 Å². The minimum absolute atomic E-state index is 0.125. The van der Waals surface area contributed by atoms with Crippen molar-refractivity contribution < 1.29 is 23.8 Å². The van der Waals surface area contributed by atoms with Gasteiger partial charge in [0.25, 0.3) is 6.43 Å².